The minimum absolute atomic E-state index is 0.00664. The van der Waals surface area contributed by atoms with Crippen LogP contribution >= 0.6 is 11.8 Å². The maximum atomic E-state index is 12.5. The number of thioether (sulfide) groups is 1. The molecular weight excluding hydrogens is 338 g/mol. The van der Waals surface area contributed by atoms with Gasteiger partial charge in [0.25, 0.3) is 11.7 Å². The molecule has 3 rings (SSSR count). The molecule has 126 valence electrons. The second kappa shape index (κ2) is 7.48. The lowest BCUT2D eigenvalue weighted by Crippen LogP contribution is -2.24. The van der Waals surface area contributed by atoms with E-state index in [1.54, 1.807) is 12.1 Å². The molecule has 0 unspecified atom stereocenters. The van der Waals surface area contributed by atoms with Crippen LogP contribution in [0.15, 0.2) is 41.6 Å². The first-order valence-electron chi connectivity index (χ1n) is 7.20. The summed E-state index contributed by atoms with van der Waals surface area (Å²) in [5.74, 6) is -1.80. The van der Waals surface area contributed by atoms with Gasteiger partial charge in [-0.3, -0.25) is 4.79 Å². The van der Waals surface area contributed by atoms with Crippen molar-refractivity contribution in [3.63, 3.8) is 0 Å². The number of fused-ring (bicyclic) bond motifs is 1. The van der Waals surface area contributed by atoms with Crippen LogP contribution in [0.5, 0.6) is 11.5 Å². The van der Waals surface area contributed by atoms with Crippen LogP contribution in [0.1, 0.15) is 15.9 Å². The monoisotopic (exact) mass is 352 g/mol. The van der Waals surface area contributed by atoms with Gasteiger partial charge >= 0.3 is 0 Å². The largest absolute Gasteiger partial charge is 0.486 e. The Hall–Kier alpha value is -2.35. The lowest BCUT2D eigenvalue weighted by atomic mass is 10.2. The van der Waals surface area contributed by atoms with Crippen LogP contribution in [-0.2, 0) is 6.54 Å². The van der Waals surface area contributed by atoms with E-state index < -0.39 is 11.7 Å². The second-order valence-electron chi connectivity index (χ2n) is 4.90. The van der Waals surface area contributed by atoms with Gasteiger partial charge in [-0.2, -0.15) is 8.78 Å². The molecule has 8 heteroatoms. The van der Waals surface area contributed by atoms with Crippen molar-refractivity contribution in [1.82, 2.24) is 10.3 Å². The summed E-state index contributed by atoms with van der Waals surface area (Å²) in [4.78, 5) is 16.1. The van der Waals surface area contributed by atoms with Crippen molar-refractivity contribution in [3.8, 4) is 11.5 Å². The van der Waals surface area contributed by atoms with Crippen LogP contribution in [0.2, 0.25) is 0 Å². The highest BCUT2D eigenvalue weighted by molar-refractivity contribution is 7.99. The molecule has 1 amide bonds. The molecule has 0 aliphatic carbocycles. The van der Waals surface area contributed by atoms with Crippen LogP contribution in [-0.4, -0.2) is 29.9 Å². The number of hydrogen-bond donors (Lipinski definition) is 1. The van der Waals surface area contributed by atoms with E-state index in [0.717, 1.165) is 5.56 Å². The van der Waals surface area contributed by atoms with Gasteiger partial charge in [-0.05, 0) is 41.6 Å². The first kappa shape index (κ1) is 16.5. The average Bonchev–Trinajstić information content (AvgIpc) is 2.59. The fourth-order valence-corrected chi connectivity index (χ4v) is 2.80. The number of hydrogen-bond acceptors (Lipinski definition) is 5. The van der Waals surface area contributed by atoms with Crippen molar-refractivity contribution in [2.75, 3.05) is 13.2 Å². The number of aromatic nitrogens is 1. The molecule has 1 aliphatic rings. The van der Waals surface area contributed by atoms with E-state index in [1.165, 1.54) is 18.3 Å². The molecule has 2 heterocycles. The number of rotatable bonds is 5. The lowest BCUT2D eigenvalue weighted by Gasteiger charge is -2.19. The molecule has 0 saturated heterocycles. The molecule has 1 aromatic heterocycles. The number of ether oxygens (including phenoxy) is 2. The number of pyridine rings is 1. The Bertz CT molecular complexity index is 743. The van der Waals surface area contributed by atoms with Crippen molar-refractivity contribution in [2.45, 2.75) is 17.3 Å². The Balaban J connectivity index is 1.68. The van der Waals surface area contributed by atoms with Gasteiger partial charge in [0.05, 0.1) is 5.56 Å². The van der Waals surface area contributed by atoms with Gasteiger partial charge in [0.1, 0.15) is 18.2 Å². The number of carbonyl (C=O) groups is 1. The summed E-state index contributed by atoms with van der Waals surface area (Å²) in [5.41, 5.74) is 0.944. The van der Waals surface area contributed by atoms with E-state index >= 15 is 0 Å². The third kappa shape index (κ3) is 3.94. The number of amides is 1. The van der Waals surface area contributed by atoms with Gasteiger partial charge in [-0.25, -0.2) is 4.98 Å². The van der Waals surface area contributed by atoms with Crippen LogP contribution in [0, 0.1) is 0 Å². The molecule has 5 nitrogen and oxygen atoms in total. The summed E-state index contributed by atoms with van der Waals surface area (Å²) in [6.45, 7) is 1.23. The summed E-state index contributed by atoms with van der Waals surface area (Å²) in [6, 6.07) is 8.38. The van der Waals surface area contributed by atoms with E-state index in [-0.39, 0.29) is 28.9 Å². The van der Waals surface area contributed by atoms with E-state index in [0.29, 0.717) is 24.7 Å². The molecular formula is C16H14F2N2O3S. The third-order valence-electron chi connectivity index (χ3n) is 3.28. The first-order valence-corrected chi connectivity index (χ1v) is 8.08. The zero-order valence-corrected chi connectivity index (χ0v) is 13.3. The highest BCUT2D eigenvalue weighted by Gasteiger charge is 2.17. The number of alkyl halides is 2. The van der Waals surface area contributed by atoms with E-state index in [9.17, 15) is 13.6 Å². The van der Waals surface area contributed by atoms with E-state index in [4.69, 9.17) is 9.47 Å². The van der Waals surface area contributed by atoms with Crippen molar-refractivity contribution in [1.29, 1.82) is 0 Å². The Kier molecular flexibility index (Phi) is 5.14. The number of carbonyl (C=O) groups excluding carboxylic acids is 1. The van der Waals surface area contributed by atoms with Gasteiger partial charge in [-0.15, -0.1) is 0 Å². The fraction of sp³-hybridized carbons (Fsp3) is 0.250. The van der Waals surface area contributed by atoms with Gasteiger partial charge < -0.3 is 14.8 Å². The highest BCUT2D eigenvalue weighted by atomic mass is 32.2. The van der Waals surface area contributed by atoms with Crippen LogP contribution in [0.4, 0.5) is 8.78 Å². The average molecular weight is 352 g/mol. The number of nitrogens with one attached hydrogen (secondary N) is 1. The van der Waals surface area contributed by atoms with Gasteiger partial charge in [-0.1, -0.05) is 6.07 Å². The highest BCUT2D eigenvalue weighted by Crippen LogP contribution is 2.31. The molecule has 0 fully saturated rings. The van der Waals surface area contributed by atoms with Gasteiger partial charge in [0, 0.05) is 12.7 Å². The van der Waals surface area contributed by atoms with Crippen molar-refractivity contribution in [2.24, 2.45) is 0 Å². The molecule has 0 spiro atoms. The maximum absolute atomic E-state index is 12.5. The summed E-state index contributed by atoms with van der Waals surface area (Å²) >= 11 is 0.252. The molecule has 1 aromatic carbocycles. The zero-order chi connectivity index (χ0) is 16.9. The predicted molar refractivity (Wildman–Crippen MR) is 84.7 cm³/mol. The quantitative estimate of drug-likeness (QED) is 0.838. The Morgan fingerprint density at radius 2 is 2.04 bits per heavy atom. The van der Waals surface area contributed by atoms with Crippen LogP contribution in [0.3, 0.4) is 0 Å². The zero-order valence-electron chi connectivity index (χ0n) is 12.5. The van der Waals surface area contributed by atoms with Crippen molar-refractivity contribution >= 4 is 17.7 Å². The number of benzene rings is 1. The molecule has 1 N–H and O–H groups in total. The number of nitrogens with zero attached hydrogens (tertiary/aromatic N) is 1. The molecule has 0 saturated carbocycles. The van der Waals surface area contributed by atoms with Crippen LogP contribution < -0.4 is 14.8 Å². The Morgan fingerprint density at radius 1 is 1.25 bits per heavy atom. The van der Waals surface area contributed by atoms with E-state index in [1.807, 2.05) is 6.07 Å². The maximum Gasteiger partial charge on any atom is 0.290 e. The smallest absolute Gasteiger partial charge is 0.290 e. The molecule has 1 aliphatic heterocycles. The van der Waals surface area contributed by atoms with Gasteiger partial charge in [0.15, 0.2) is 11.5 Å². The molecule has 0 bridgehead atoms. The topological polar surface area (TPSA) is 60.5 Å². The van der Waals surface area contributed by atoms with Crippen molar-refractivity contribution in [3.05, 3.63) is 47.7 Å². The van der Waals surface area contributed by atoms with Crippen molar-refractivity contribution < 1.29 is 23.0 Å². The summed E-state index contributed by atoms with van der Waals surface area (Å²) in [5, 5.41) is 2.71. The lowest BCUT2D eigenvalue weighted by molar-refractivity contribution is 0.0947. The Labute approximate surface area is 141 Å². The third-order valence-corrected chi connectivity index (χ3v) is 4.00. The standard InChI is InChI=1S/C16H14F2N2O3S/c17-16(18)24-15-11(2-1-5-19-15)14(21)20-9-10-3-4-12-13(8-10)23-7-6-22-12/h1-5,8,16H,6-7,9H2,(H,20,21). The minimum atomic E-state index is -2.63. The summed E-state index contributed by atoms with van der Waals surface area (Å²) in [6.07, 6.45) is 1.38. The molecule has 2 aromatic rings. The number of halogens is 2. The normalized spacial score (nSPS) is 13.0. The van der Waals surface area contributed by atoms with Crippen LogP contribution in [0.25, 0.3) is 0 Å². The first-order chi connectivity index (χ1) is 11.6. The summed E-state index contributed by atoms with van der Waals surface area (Å²) < 4.78 is 36.0. The predicted octanol–water partition coefficient (Wildman–Crippen LogP) is 3.10. The molecule has 0 radical (unpaired) electrons. The molecule has 0 atom stereocenters. The van der Waals surface area contributed by atoms with E-state index in [2.05, 4.69) is 10.3 Å². The second-order valence-corrected chi connectivity index (χ2v) is 5.87. The SMILES string of the molecule is O=C(NCc1ccc2c(c1)OCCO2)c1cccnc1SC(F)F. The minimum Gasteiger partial charge on any atom is -0.486 e. The molecule has 24 heavy (non-hydrogen) atoms. The van der Waals surface area contributed by atoms with Gasteiger partial charge in [0.2, 0.25) is 0 Å². The summed E-state index contributed by atoms with van der Waals surface area (Å²) in [7, 11) is 0. The Morgan fingerprint density at radius 3 is 2.83 bits per heavy atom. The fourth-order valence-electron chi connectivity index (χ4n) is 2.22.